The highest BCUT2D eigenvalue weighted by molar-refractivity contribution is 6.06. The van der Waals surface area contributed by atoms with E-state index in [1.54, 1.807) is 31.3 Å². The Labute approximate surface area is 145 Å². The quantitative estimate of drug-likeness (QED) is 0.817. The van der Waals surface area contributed by atoms with Crippen LogP contribution in [0.4, 0.5) is 4.79 Å². The van der Waals surface area contributed by atoms with Crippen molar-refractivity contribution in [3.63, 3.8) is 0 Å². The van der Waals surface area contributed by atoms with E-state index in [9.17, 15) is 19.5 Å². The summed E-state index contributed by atoms with van der Waals surface area (Å²) in [5, 5.41) is 9.20. The van der Waals surface area contributed by atoms with Crippen molar-refractivity contribution in [2.75, 3.05) is 14.2 Å². The van der Waals surface area contributed by atoms with Gasteiger partial charge in [0.05, 0.1) is 12.7 Å². The van der Waals surface area contributed by atoms with Crippen molar-refractivity contribution in [1.29, 1.82) is 0 Å². The van der Waals surface area contributed by atoms with Crippen LogP contribution in [0.3, 0.4) is 0 Å². The van der Waals surface area contributed by atoms with E-state index in [1.807, 2.05) is 12.1 Å². The third kappa shape index (κ3) is 4.67. The maximum Gasteiger partial charge on any atom is 0.409 e. The number of hydrogen-bond acceptors (Lipinski definition) is 4. The van der Waals surface area contributed by atoms with Gasteiger partial charge in [0.1, 0.15) is 0 Å². The Morgan fingerprint density at radius 3 is 2.28 bits per heavy atom. The van der Waals surface area contributed by atoms with Gasteiger partial charge in [0.2, 0.25) is 0 Å². The van der Waals surface area contributed by atoms with E-state index in [4.69, 9.17) is 0 Å². The zero-order valence-corrected chi connectivity index (χ0v) is 14.1. The number of benzene rings is 2. The largest absolute Gasteiger partial charge is 0.478 e. The lowest BCUT2D eigenvalue weighted by molar-refractivity contribution is 0.0692. The standard InChI is InChI=1S/C19H19NO5/c1-20(19(24)25-2)12-14-7-5-6-13(10-14)11-17(21)15-8-3-4-9-16(15)18(22)23/h3-10H,11-12H2,1-2H3,(H,22,23). The van der Waals surface area contributed by atoms with E-state index in [0.717, 1.165) is 11.1 Å². The number of rotatable bonds is 6. The minimum Gasteiger partial charge on any atom is -0.478 e. The molecule has 0 unspecified atom stereocenters. The van der Waals surface area contributed by atoms with Gasteiger partial charge in [0.25, 0.3) is 0 Å². The lowest BCUT2D eigenvalue weighted by Gasteiger charge is -2.16. The summed E-state index contributed by atoms with van der Waals surface area (Å²) in [6, 6.07) is 13.4. The van der Waals surface area contributed by atoms with Gasteiger partial charge in [-0.25, -0.2) is 9.59 Å². The van der Waals surface area contributed by atoms with Crippen LogP contribution in [0.2, 0.25) is 0 Å². The number of carbonyl (C=O) groups is 3. The number of Topliss-reactive ketones (excluding diaryl/α,β-unsaturated/α-hetero) is 1. The topological polar surface area (TPSA) is 83.9 Å². The number of ketones is 1. The molecule has 0 spiro atoms. The second-order valence-electron chi connectivity index (χ2n) is 5.60. The molecule has 0 heterocycles. The van der Waals surface area contributed by atoms with Crippen LogP contribution in [0.5, 0.6) is 0 Å². The van der Waals surface area contributed by atoms with Gasteiger partial charge in [-0.05, 0) is 17.2 Å². The van der Waals surface area contributed by atoms with Crippen LogP contribution >= 0.6 is 0 Å². The smallest absolute Gasteiger partial charge is 0.409 e. The number of amides is 1. The fraction of sp³-hybridized carbons (Fsp3) is 0.211. The van der Waals surface area contributed by atoms with Crippen LogP contribution in [-0.4, -0.2) is 42.0 Å². The molecule has 0 fully saturated rings. The third-order valence-corrected chi connectivity index (χ3v) is 3.72. The summed E-state index contributed by atoms with van der Waals surface area (Å²) in [5.74, 6) is -1.39. The first-order valence-corrected chi connectivity index (χ1v) is 7.64. The molecule has 0 saturated heterocycles. The van der Waals surface area contributed by atoms with Crippen molar-refractivity contribution in [2.24, 2.45) is 0 Å². The number of nitrogens with zero attached hydrogens (tertiary/aromatic N) is 1. The molecule has 0 atom stereocenters. The van der Waals surface area contributed by atoms with E-state index in [2.05, 4.69) is 4.74 Å². The third-order valence-electron chi connectivity index (χ3n) is 3.72. The van der Waals surface area contributed by atoms with E-state index in [1.165, 1.54) is 24.1 Å². The van der Waals surface area contributed by atoms with E-state index >= 15 is 0 Å². The van der Waals surface area contributed by atoms with Crippen molar-refractivity contribution >= 4 is 17.8 Å². The van der Waals surface area contributed by atoms with Crippen molar-refractivity contribution in [3.8, 4) is 0 Å². The first-order chi connectivity index (χ1) is 11.9. The predicted molar refractivity (Wildman–Crippen MR) is 91.7 cm³/mol. The Bertz CT molecular complexity index is 800. The van der Waals surface area contributed by atoms with Gasteiger partial charge < -0.3 is 14.7 Å². The van der Waals surface area contributed by atoms with E-state index in [-0.39, 0.29) is 23.3 Å². The van der Waals surface area contributed by atoms with E-state index in [0.29, 0.717) is 6.54 Å². The molecule has 2 rings (SSSR count). The van der Waals surface area contributed by atoms with Crippen LogP contribution in [0.25, 0.3) is 0 Å². The number of hydrogen-bond donors (Lipinski definition) is 1. The second kappa shape index (κ2) is 8.10. The van der Waals surface area contributed by atoms with Crippen LogP contribution < -0.4 is 0 Å². The summed E-state index contributed by atoms with van der Waals surface area (Å²) >= 11 is 0. The summed E-state index contributed by atoms with van der Waals surface area (Å²) in [6.07, 6.45) is -0.364. The maximum atomic E-state index is 12.5. The van der Waals surface area contributed by atoms with Crippen molar-refractivity contribution in [2.45, 2.75) is 13.0 Å². The van der Waals surface area contributed by atoms with Crippen molar-refractivity contribution < 1.29 is 24.2 Å². The SMILES string of the molecule is COC(=O)N(C)Cc1cccc(CC(=O)c2ccccc2C(=O)O)c1. The summed E-state index contributed by atoms with van der Waals surface area (Å²) < 4.78 is 4.65. The fourth-order valence-corrected chi connectivity index (χ4v) is 2.53. The summed E-state index contributed by atoms with van der Waals surface area (Å²) in [7, 11) is 2.93. The molecule has 0 saturated carbocycles. The summed E-state index contributed by atoms with van der Waals surface area (Å²) in [4.78, 5) is 36.6. The van der Waals surface area contributed by atoms with Crippen LogP contribution in [0.1, 0.15) is 31.8 Å². The van der Waals surface area contributed by atoms with Gasteiger partial charge in [-0.2, -0.15) is 0 Å². The number of methoxy groups -OCH3 is 1. The van der Waals surface area contributed by atoms with Crippen LogP contribution in [0.15, 0.2) is 48.5 Å². The number of carbonyl (C=O) groups excluding carboxylic acids is 2. The minimum absolute atomic E-state index is 0.00548. The molecule has 2 aromatic rings. The molecule has 0 aliphatic heterocycles. The normalized spacial score (nSPS) is 10.2. The Morgan fingerprint density at radius 2 is 1.64 bits per heavy atom. The Kier molecular flexibility index (Phi) is 5.89. The Balaban J connectivity index is 2.16. The average molecular weight is 341 g/mol. The molecule has 0 aliphatic carbocycles. The molecule has 0 bridgehead atoms. The zero-order chi connectivity index (χ0) is 18.4. The lowest BCUT2D eigenvalue weighted by Crippen LogP contribution is -2.25. The molecule has 6 heteroatoms. The molecule has 130 valence electrons. The monoisotopic (exact) mass is 341 g/mol. The first-order valence-electron chi connectivity index (χ1n) is 7.64. The zero-order valence-electron chi connectivity index (χ0n) is 14.1. The van der Waals surface area contributed by atoms with Gasteiger partial charge in [0.15, 0.2) is 5.78 Å². The Morgan fingerprint density at radius 1 is 1.00 bits per heavy atom. The molecule has 0 radical (unpaired) electrons. The van der Waals surface area contributed by atoms with Crippen molar-refractivity contribution in [3.05, 3.63) is 70.8 Å². The number of carboxylic acids is 1. The van der Waals surface area contributed by atoms with Crippen molar-refractivity contribution in [1.82, 2.24) is 4.90 Å². The summed E-state index contributed by atoms with van der Waals surface area (Å²) in [6.45, 7) is 0.348. The minimum atomic E-state index is -1.13. The van der Waals surface area contributed by atoms with Crippen LogP contribution in [-0.2, 0) is 17.7 Å². The molecule has 6 nitrogen and oxygen atoms in total. The lowest BCUT2D eigenvalue weighted by atomic mass is 9.97. The molecule has 1 amide bonds. The highest BCUT2D eigenvalue weighted by Crippen LogP contribution is 2.15. The highest BCUT2D eigenvalue weighted by atomic mass is 16.5. The molecule has 0 aliphatic rings. The summed E-state index contributed by atoms with van der Waals surface area (Å²) in [5.41, 5.74) is 1.78. The number of carboxylic acid groups (broad SMARTS) is 1. The molecule has 0 aromatic heterocycles. The average Bonchev–Trinajstić information content (AvgIpc) is 2.61. The number of ether oxygens (including phenoxy) is 1. The Hall–Kier alpha value is -3.15. The molecular weight excluding hydrogens is 322 g/mol. The van der Waals surface area contributed by atoms with Gasteiger partial charge in [0, 0.05) is 25.6 Å². The van der Waals surface area contributed by atoms with E-state index < -0.39 is 12.1 Å². The molecule has 1 N–H and O–H groups in total. The number of aromatic carboxylic acids is 1. The molecular formula is C19H19NO5. The maximum absolute atomic E-state index is 12.5. The molecule has 25 heavy (non-hydrogen) atoms. The predicted octanol–water partition coefficient (Wildman–Crippen LogP) is 3.01. The van der Waals surface area contributed by atoms with Gasteiger partial charge in [-0.3, -0.25) is 4.79 Å². The first kappa shape index (κ1) is 18.2. The van der Waals surface area contributed by atoms with Crippen LogP contribution in [0, 0.1) is 0 Å². The van der Waals surface area contributed by atoms with Gasteiger partial charge in [-0.1, -0.05) is 42.5 Å². The van der Waals surface area contributed by atoms with Gasteiger partial charge >= 0.3 is 12.1 Å². The molecule has 2 aromatic carbocycles. The highest BCUT2D eigenvalue weighted by Gasteiger charge is 2.16. The fourth-order valence-electron chi connectivity index (χ4n) is 2.53. The van der Waals surface area contributed by atoms with Gasteiger partial charge in [-0.15, -0.1) is 0 Å². The second-order valence-corrected chi connectivity index (χ2v) is 5.60.